The Balaban J connectivity index is 1.71. The Kier molecular flexibility index (Phi) is 5.06. The molecule has 0 aliphatic carbocycles. The predicted molar refractivity (Wildman–Crippen MR) is 102 cm³/mol. The average Bonchev–Trinajstić information content (AvgIpc) is 2.61. The van der Waals surface area contributed by atoms with Gasteiger partial charge in [0.25, 0.3) is 0 Å². The van der Waals surface area contributed by atoms with Crippen molar-refractivity contribution in [3.05, 3.63) is 82.3 Å². The Hall–Kier alpha value is -2.46. The van der Waals surface area contributed by atoms with E-state index in [2.05, 4.69) is 26.5 Å². The molecule has 0 radical (unpaired) electrons. The van der Waals surface area contributed by atoms with Crippen molar-refractivity contribution < 1.29 is 4.79 Å². The van der Waals surface area contributed by atoms with Gasteiger partial charge in [-0.3, -0.25) is 4.79 Å². The van der Waals surface area contributed by atoms with Gasteiger partial charge in [0.05, 0.1) is 12.1 Å². The lowest BCUT2D eigenvalue weighted by Crippen LogP contribution is -2.21. The van der Waals surface area contributed by atoms with E-state index < -0.39 is 0 Å². The topological polar surface area (TPSA) is 41.5 Å². The van der Waals surface area contributed by atoms with E-state index in [1.165, 1.54) is 0 Å². The summed E-state index contributed by atoms with van der Waals surface area (Å²) in [6.07, 6.45) is 0.304. The molecule has 0 aliphatic rings. The number of carbonyl (C=O) groups excluding carboxylic acids is 1. The molecule has 0 spiro atoms. The lowest BCUT2D eigenvalue weighted by Gasteiger charge is -2.06. The molecule has 3 rings (SSSR count). The van der Waals surface area contributed by atoms with E-state index in [1.807, 2.05) is 73.7 Å². The van der Waals surface area contributed by atoms with E-state index >= 15 is 0 Å². The van der Waals surface area contributed by atoms with Crippen LogP contribution in [-0.2, 0) is 11.2 Å². The first-order valence-electron chi connectivity index (χ1n) is 7.69. The highest BCUT2D eigenvalue weighted by Gasteiger charge is 2.06. The Bertz CT molecular complexity index is 896. The van der Waals surface area contributed by atoms with Gasteiger partial charge < -0.3 is 0 Å². The summed E-state index contributed by atoms with van der Waals surface area (Å²) in [6, 6.07) is 21.9. The summed E-state index contributed by atoms with van der Waals surface area (Å²) < 4.78 is 1.01. The molecule has 0 heterocycles. The van der Waals surface area contributed by atoms with Crippen LogP contribution < -0.4 is 5.43 Å². The van der Waals surface area contributed by atoms with Gasteiger partial charge in [-0.2, -0.15) is 5.10 Å². The molecule has 1 N–H and O–H groups in total. The van der Waals surface area contributed by atoms with Gasteiger partial charge in [0.1, 0.15) is 0 Å². The molecule has 4 heteroatoms. The summed E-state index contributed by atoms with van der Waals surface area (Å²) in [5, 5.41) is 6.44. The van der Waals surface area contributed by atoms with Gasteiger partial charge >= 0.3 is 0 Å². The zero-order valence-electron chi connectivity index (χ0n) is 13.3. The summed E-state index contributed by atoms with van der Waals surface area (Å²) in [5.41, 5.74) is 5.40. The van der Waals surface area contributed by atoms with Crippen LogP contribution in [0.25, 0.3) is 10.8 Å². The van der Waals surface area contributed by atoms with Crippen molar-refractivity contribution in [1.82, 2.24) is 5.43 Å². The predicted octanol–water partition coefficient (Wildman–Crippen LogP) is 4.69. The molecule has 0 aliphatic heterocycles. The van der Waals surface area contributed by atoms with Crippen LogP contribution in [0, 0.1) is 0 Å². The molecule has 120 valence electrons. The second-order valence-electron chi connectivity index (χ2n) is 5.55. The minimum atomic E-state index is -0.122. The lowest BCUT2D eigenvalue weighted by atomic mass is 10.0. The highest BCUT2D eigenvalue weighted by atomic mass is 79.9. The Labute approximate surface area is 149 Å². The first-order valence-corrected chi connectivity index (χ1v) is 8.48. The van der Waals surface area contributed by atoms with Gasteiger partial charge in [-0.1, -0.05) is 70.5 Å². The smallest absolute Gasteiger partial charge is 0.244 e. The normalized spacial score (nSPS) is 11.5. The molecule has 0 saturated carbocycles. The fraction of sp³-hybridized carbons (Fsp3) is 0.100. The van der Waals surface area contributed by atoms with Crippen LogP contribution in [0.3, 0.4) is 0 Å². The number of hydrogen-bond donors (Lipinski definition) is 1. The number of nitrogens with one attached hydrogen (secondary N) is 1. The third-order valence-electron chi connectivity index (χ3n) is 3.84. The number of fused-ring (bicyclic) bond motifs is 1. The van der Waals surface area contributed by atoms with Crippen LogP contribution >= 0.6 is 15.9 Å². The maximum atomic E-state index is 12.2. The quantitative estimate of drug-likeness (QED) is 0.517. The van der Waals surface area contributed by atoms with Gasteiger partial charge in [0, 0.05) is 4.47 Å². The minimum absolute atomic E-state index is 0.122. The van der Waals surface area contributed by atoms with E-state index in [4.69, 9.17) is 0 Å². The molecule has 1 amide bonds. The van der Waals surface area contributed by atoms with Gasteiger partial charge in [-0.15, -0.1) is 0 Å². The molecule has 0 fully saturated rings. The van der Waals surface area contributed by atoms with Crippen LogP contribution in [0.1, 0.15) is 18.1 Å². The SMILES string of the molecule is CC(=NNC(=O)Cc1cccc2ccccc12)c1ccc(Br)cc1. The lowest BCUT2D eigenvalue weighted by molar-refractivity contribution is -0.120. The van der Waals surface area contributed by atoms with Gasteiger partial charge in [-0.25, -0.2) is 5.43 Å². The monoisotopic (exact) mass is 380 g/mol. The van der Waals surface area contributed by atoms with E-state index in [-0.39, 0.29) is 5.91 Å². The fourth-order valence-electron chi connectivity index (χ4n) is 2.56. The third kappa shape index (κ3) is 3.89. The molecular weight excluding hydrogens is 364 g/mol. The highest BCUT2D eigenvalue weighted by Crippen LogP contribution is 2.18. The van der Waals surface area contributed by atoms with Crippen molar-refractivity contribution in [2.24, 2.45) is 5.10 Å². The maximum absolute atomic E-state index is 12.2. The van der Waals surface area contributed by atoms with E-state index in [0.717, 1.165) is 32.1 Å². The highest BCUT2D eigenvalue weighted by molar-refractivity contribution is 9.10. The number of benzene rings is 3. The number of rotatable bonds is 4. The number of hydrazone groups is 1. The van der Waals surface area contributed by atoms with Crippen molar-refractivity contribution in [2.75, 3.05) is 0 Å². The molecule has 3 nitrogen and oxygen atoms in total. The van der Waals surface area contributed by atoms with Crippen molar-refractivity contribution >= 4 is 38.3 Å². The Morgan fingerprint density at radius 3 is 2.50 bits per heavy atom. The van der Waals surface area contributed by atoms with Crippen LogP contribution in [-0.4, -0.2) is 11.6 Å². The molecule has 0 bridgehead atoms. The summed E-state index contributed by atoms with van der Waals surface area (Å²) >= 11 is 3.40. The summed E-state index contributed by atoms with van der Waals surface area (Å²) in [6.45, 7) is 1.88. The molecule has 0 unspecified atom stereocenters. The van der Waals surface area contributed by atoms with Gasteiger partial charge in [-0.05, 0) is 41.0 Å². The average molecular weight is 381 g/mol. The Morgan fingerprint density at radius 2 is 1.71 bits per heavy atom. The maximum Gasteiger partial charge on any atom is 0.244 e. The number of nitrogens with zero attached hydrogens (tertiary/aromatic N) is 1. The summed E-state index contributed by atoms with van der Waals surface area (Å²) in [7, 11) is 0. The van der Waals surface area contributed by atoms with Crippen LogP contribution in [0.5, 0.6) is 0 Å². The molecular formula is C20H17BrN2O. The van der Waals surface area contributed by atoms with Gasteiger partial charge in [0.15, 0.2) is 0 Å². The molecule has 0 atom stereocenters. The minimum Gasteiger partial charge on any atom is -0.273 e. The second kappa shape index (κ2) is 7.41. The van der Waals surface area contributed by atoms with Crippen molar-refractivity contribution in [3.63, 3.8) is 0 Å². The van der Waals surface area contributed by atoms with Gasteiger partial charge in [0.2, 0.25) is 5.91 Å². The first kappa shape index (κ1) is 16.4. The standard InChI is InChI=1S/C20H17BrN2O/c1-14(15-9-11-18(21)12-10-15)22-23-20(24)13-17-7-4-6-16-5-2-3-8-19(16)17/h2-12H,13H2,1H3,(H,23,24). The van der Waals surface area contributed by atoms with Crippen molar-refractivity contribution in [2.45, 2.75) is 13.3 Å². The summed E-state index contributed by atoms with van der Waals surface area (Å²) in [4.78, 5) is 12.2. The zero-order chi connectivity index (χ0) is 16.9. The molecule has 0 aromatic heterocycles. The third-order valence-corrected chi connectivity index (χ3v) is 4.37. The number of carbonyl (C=O) groups is 1. The molecule has 0 saturated heterocycles. The molecule has 3 aromatic carbocycles. The van der Waals surface area contributed by atoms with E-state index in [9.17, 15) is 4.79 Å². The van der Waals surface area contributed by atoms with Crippen LogP contribution in [0.15, 0.2) is 76.3 Å². The summed E-state index contributed by atoms with van der Waals surface area (Å²) in [5.74, 6) is -0.122. The number of halogens is 1. The van der Waals surface area contributed by atoms with Crippen LogP contribution in [0.2, 0.25) is 0 Å². The Morgan fingerprint density at radius 1 is 1.00 bits per heavy atom. The zero-order valence-corrected chi connectivity index (χ0v) is 14.9. The van der Waals surface area contributed by atoms with Crippen molar-refractivity contribution in [3.8, 4) is 0 Å². The number of hydrogen-bond acceptors (Lipinski definition) is 2. The number of amides is 1. The van der Waals surface area contributed by atoms with E-state index in [0.29, 0.717) is 6.42 Å². The fourth-order valence-corrected chi connectivity index (χ4v) is 2.83. The molecule has 24 heavy (non-hydrogen) atoms. The van der Waals surface area contributed by atoms with Crippen LogP contribution in [0.4, 0.5) is 0 Å². The molecule has 3 aromatic rings. The van der Waals surface area contributed by atoms with Crippen molar-refractivity contribution in [1.29, 1.82) is 0 Å². The van der Waals surface area contributed by atoms with E-state index in [1.54, 1.807) is 0 Å². The second-order valence-corrected chi connectivity index (χ2v) is 6.47. The largest absolute Gasteiger partial charge is 0.273 e. The first-order chi connectivity index (χ1) is 11.6.